The molecule has 0 spiro atoms. The second-order valence-electron chi connectivity index (χ2n) is 7.75. The lowest BCUT2D eigenvalue weighted by molar-refractivity contribution is -0.130. The fourth-order valence-electron chi connectivity index (χ4n) is 3.40. The van der Waals surface area contributed by atoms with Crippen molar-refractivity contribution in [1.82, 2.24) is 14.7 Å². The zero-order valence-corrected chi connectivity index (χ0v) is 18.7. The lowest BCUT2D eigenvalue weighted by atomic mass is 10.1. The number of hydrogen-bond donors (Lipinski definition) is 0. The zero-order valence-electron chi connectivity index (χ0n) is 17.9. The standard InChI is InChI=1S/C23H29N3O2S/c1-15(2)21-11-20(18-7-9-19(28-6)10-8-18)24-26(21)14-23(27)25-12-17(5)22(13-25)29-16(3)4/h7-11,15H,3,12-14H2,1-2,4-6H3. The molecule has 0 N–H and O–H groups in total. The molecule has 1 amide bonds. The van der Waals surface area contributed by atoms with Gasteiger partial charge in [0.05, 0.1) is 19.3 Å². The van der Waals surface area contributed by atoms with E-state index in [1.165, 1.54) is 10.5 Å². The van der Waals surface area contributed by atoms with Crippen molar-refractivity contribution in [2.45, 2.75) is 40.2 Å². The van der Waals surface area contributed by atoms with Crippen LogP contribution in [-0.4, -0.2) is 40.8 Å². The molecule has 29 heavy (non-hydrogen) atoms. The Kier molecular flexibility index (Phi) is 6.52. The zero-order chi connectivity index (χ0) is 21.1. The van der Waals surface area contributed by atoms with E-state index in [2.05, 4.69) is 33.4 Å². The first kappa shape index (κ1) is 21.2. The molecule has 0 aliphatic carbocycles. The van der Waals surface area contributed by atoms with Gasteiger partial charge in [-0.15, -0.1) is 0 Å². The van der Waals surface area contributed by atoms with E-state index in [0.717, 1.165) is 27.6 Å². The van der Waals surface area contributed by atoms with Crippen LogP contribution >= 0.6 is 11.8 Å². The Hall–Kier alpha value is -2.47. The van der Waals surface area contributed by atoms with Crippen molar-refractivity contribution in [3.63, 3.8) is 0 Å². The van der Waals surface area contributed by atoms with Crippen molar-refractivity contribution in [3.8, 4) is 17.0 Å². The Labute approximate surface area is 177 Å². The van der Waals surface area contributed by atoms with Crippen LogP contribution in [0.25, 0.3) is 11.3 Å². The molecule has 1 aromatic heterocycles. The van der Waals surface area contributed by atoms with Gasteiger partial charge < -0.3 is 9.64 Å². The molecule has 2 aromatic rings. The van der Waals surface area contributed by atoms with Gasteiger partial charge in [0.2, 0.25) is 5.91 Å². The quantitative estimate of drug-likeness (QED) is 0.638. The summed E-state index contributed by atoms with van der Waals surface area (Å²) in [4.78, 5) is 17.2. The topological polar surface area (TPSA) is 47.4 Å². The largest absolute Gasteiger partial charge is 0.497 e. The summed E-state index contributed by atoms with van der Waals surface area (Å²) in [7, 11) is 1.65. The van der Waals surface area contributed by atoms with Crippen LogP contribution in [0.5, 0.6) is 5.75 Å². The number of allylic oxidation sites excluding steroid dienone is 1. The summed E-state index contributed by atoms with van der Waals surface area (Å²) in [5.74, 6) is 1.18. The molecular formula is C23H29N3O2S. The molecule has 0 unspecified atom stereocenters. The molecule has 0 bridgehead atoms. The molecule has 1 aliphatic heterocycles. The van der Waals surface area contributed by atoms with Crippen LogP contribution in [0, 0.1) is 0 Å². The predicted molar refractivity (Wildman–Crippen MR) is 120 cm³/mol. The van der Waals surface area contributed by atoms with E-state index < -0.39 is 0 Å². The number of hydrogen-bond acceptors (Lipinski definition) is 4. The smallest absolute Gasteiger partial charge is 0.244 e. The number of carbonyl (C=O) groups excluding carboxylic acids is 1. The molecule has 1 aliphatic rings. The van der Waals surface area contributed by atoms with Gasteiger partial charge >= 0.3 is 0 Å². The maximum atomic E-state index is 13.0. The lowest BCUT2D eigenvalue weighted by Gasteiger charge is -2.18. The molecule has 0 atom stereocenters. The number of thioether (sulfide) groups is 1. The SMILES string of the molecule is C=C(C)SC1=C(C)CN(C(=O)Cn2nc(-c3ccc(OC)cc3)cc2C(C)C)C1. The maximum absolute atomic E-state index is 13.0. The van der Waals surface area contributed by atoms with Crippen LogP contribution in [0.2, 0.25) is 0 Å². The molecule has 0 saturated heterocycles. The van der Waals surface area contributed by atoms with E-state index in [0.29, 0.717) is 13.1 Å². The van der Waals surface area contributed by atoms with E-state index in [1.54, 1.807) is 18.9 Å². The predicted octanol–water partition coefficient (Wildman–Crippen LogP) is 5.07. The third kappa shape index (κ3) is 4.93. The number of ether oxygens (including phenoxy) is 1. The van der Waals surface area contributed by atoms with Gasteiger partial charge in [-0.2, -0.15) is 5.10 Å². The highest BCUT2D eigenvalue weighted by Gasteiger charge is 2.25. The molecule has 154 valence electrons. The molecule has 0 radical (unpaired) electrons. The molecule has 5 nitrogen and oxygen atoms in total. The van der Waals surface area contributed by atoms with Crippen LogP contribution in [-0.2, 0) is 11.3 Å². The van der Waals surface area contributed by atoms with Gasteiger partial charge in [0.1, 0.15) is 12.3 Å². The van der Waals surface area contributed by atoms with Gasteiger partial charge in [0, 0.05) is 22.7 Å². The minimum absolute atomic E-state index is 0.0907. The summed E-state index contributed by atoms with van der Waals surface area (Å²) in [6.45, 7) is 13.9. The highest BCUT2D eigenvalue weighted by atomic mass is 32.2. The molecule has 1 aromatic carbocycles. The molecule has 3 rings (SSSR count). The average molecular weight is 412 g/mol. The molecule has 0 fully saturated rings. The van der Waals surface area contributed by atoms with Crippen molar-refractivity contribution in [1.29, 1.82) is 0 Å². The van der Waals surface area contributed by atoms with Crippen molar-refractivity contribution >= 4 is 17.7 Å². The summed E-state index contributed by atoms with van der Waals surface area (Å²) in [5.41, 5.74) is 4.19. The van der Waals surface area contributed by atoms with E-state index in [9.17, 15) is 4.79 Å². The molecule has 2 heterocycles. The van der Waals surface area contributed by atoms with E-state index in [-0.39, 0.29) is 18.4 Å². The highest BCUT2D eigenvalue weighted by molar-refractivity contribution is 8.06. The monoisotopic (exact) mass is 411 g/mol. The van der Waals surface area contributed by atoms with Gasteiger partial charge in [-0.1, -0.05) is 32.2 Å². The highest BCUT2D eigenvalue weighted by Crippen LogP contribution is 2.32. The minimum atomic E-state index is 0.0907. The van der Waals surface area contributed by atoms with Crippen molar-refractivity contribution < 1.29 is 9.53 Å². The Morgan fingerprint density at radius 1 is 1.28 bits per heavy atom. The molecular weight excluding hydrogens is 382 g/mol. The van der Waals surface area contributed by atoms with Crippen LogP contribution in [0.4, 0.5) is 0 Å². The number of methoxy groups -OCH3 is 1. The Balaban J connectivity index is 1.77. The van der Waals surface area contributed by atoms with Crippen LogP contribution in [0.15, 0.2) is 52.3 Å². The molecule has 0 saturated carbocycles. The number of benzene rings is 1. The van der Waals surface area contributed by atoms with Gasteiger partial charge in [0.25, 0.3) is 0 Å². The number of carbonyl (C=O) groups is 1. The first-order valence-electron chi connectivity index (χ1n) is 9.80. The fraction of sp³-hybridized carbons (Fsp3) is 0.391. The van der Waals surface area contributed by atoms with Crippen LogP contribution in [0.3, 0.4) is 0 Å². The Morgan fingerprint density at radius 2 is 1.97 bits per heavy atom. The second kappa shape index (κ2) is 8.91. The first-order valence-corrected chi connectivity index (χ1v) is 10.6. The first-order chi connectivity index (χ1) is 13.8. The third-order valence-electron chi connectivity index (χ3n) is 4.96. The normalized spacial score (nSPS) is 14.1. The van der Waals surface area contributed by atoms with Gasteiger partial charge in [-0.25, -0.2) is 0 Å². The van der Waals surface area contributed by atoms with Gasteiger partial charge in [0.15, 0.2) is 0 Å². The third-order valence-corrected chi connectivity index (χ3v) is 6.03. The van der Waals surface area contributed by atoms with Crippen molar-refractivity contribution in [2.75, 3.05) is 20.2 Å². The number of amides is 1. The van der Waals surface area contributed by atoms with Gasteiger partial charge in [-0.05, 0) is 60.6 Å². The summed E-state index contributed by atoms with van der Waals surface area (Å²) in [6, 6.07) is 9.91. The maximum Gasteiger partial charge on any atom is 0.244 e. The van der Waals surface area contributed by atoms with Crippen LogP contribution in [0.1, 0.15) is 39.3 Å². The summed E-state index contributed by atoms with van der Waals surface area (Å²) < 4.78 is 7.09. The van der Waals surface area contributed by atoms with Crippen molar-refractivity contribution in [3.05, 3.63) is 58.0 Å². The summed E-state index contributed by atoms with van der Waals surface area (Å²) >= 11 is 1.67. The van der Waals surface area contributed by atoms with E-state index in [1.807, 2.05) is 40.8 Å². The molecule has 6 heteroatoms. The fourth-order valence-corrected chi connectivity index (χ4v) is 4.28. The number of nitrogens with zero attached hydrogens (tertiary/aromatic N) is 3. The van der Waals surface area contributed by atoms with Gasteiger partial charge in [-0.3, -0.25) is 9.48 Å². The summed E-state index contributed by atoms with van der Waals surface area (Å²) in [5, 5.41) is 4.75. The van der Waals surface area contributed by atoms with Crippen LogP contribution < -0.4 is 4.74 Å². The van der Waals surface area contributed by atoms with E-state index in [4.69, 9.17) is 9.84 Å². The lowest BCUT2D eigenvalue weighted by Crippen LogP contribution is -2.33. The Bertz CT molecular complexity index is 942. The van der Waals surface area contributed by atoms with E-state index >= 15 is 0 Å². The number of rotatable bonds is 7. The Morgan fingerprint density at radius 3 is 2.55 bits per heavy atom. The number of aromatic nitrogens is 2. The minimum Gasteiger partial charge on any atom is -0.497 e. The average Bonchev–Trinajstić information content (AvgIpc) is 3.25. The van der Waals surface area contributed by atoms with Crippen molar-refractivity contribution in [2.24, 2.45) is 0 Å². The second-order valence-corrected chi connectivity index (χ2v) is 9.15. The summed E-state index contributed by atoms with van der Waals surface area (Å²) in [6.07, 6.45) is 0.